The van der Waals surface area contributed by atoms with Crippen molar-refractivity contribution in [1.82, 2.24) is 4.90 Å². The van der Waals surface area contributed by atoms with Crippen LogP contribution in [0.2, 0.25) is 0 Å². The number of anilines is 1. The number of piperidine rings is 1. The van der Waals surface area contributed by atoms with Gasteiger partial charge in [0.15, 0.2) is 5.76 Å². The summed E-state index contributed by atoms with van der Waals surface area (Å²) in [5.74, 6) is -0.122. The minimum Gasteiger partial charge on any atom is -0.459 e. The van der Waals surface area contributed by atoms with Crippen LogP contribution in [-0.2, 0) is 4.79 Å². The average molecular weight is 374 g/mol. The Morgan fingerprint density at radius 3 is 2.36 bits per heavy atom. The zero-order valence-corrected chi connectivity index (χ0v) is 15.5. The predicted molar refractivity (Wildman–Crippen MR) is 108 cm³/mol. The van der Waals surface area contributed by atoms with Gasteiger partial charge in [-0.05, 0) is 54.7 Å². The molecule has 1 atom stereocenters. The van der Waals surface area contributed by atoms with Gasteiger partial charge in [0.05, 0.1) is 6.26 Å². The molecule has 0 saturated carbocycles. The highest BCUT2D eigenvalue weighted by Gasteiger charge is 2.33. The molecule has 0 spiro atoms. The first kappa shape index (κ1) is 18.0. The lowest BCUT2D eigenvalue weighted by molar-refractivity contribution is -0.121. The number of nitrogens with zero attached hydrogens (tertiary/aromatic N) is 1. The van der Waals surface area contributed by atoms with E-state index in [-0.39, 0.29) is 17.6 Å². The Morgan fingerprint density at radius 1 is 0.893 bits per heavy atom. The van der Waals surface area contributed by atoms with Gasteiger partial charge in [-0.25, -0.2) is 0 Å². The topological polar surface area (TPSA) is 62.6 Å². The summed E-state index contributed by atoms with van der Waals surface area (Å²) in [4.78, 5) is 27.2. The molecule has 2 heterocycles. The number of furan rings is 1. The van der Waals surface area contributed by atoms with Gasteiger partial charge in [-0.15, -0.1) is 0 Å². The second kappa shape index (κ2) is 8.13. The van der Waals surface area contributed by atoms with Gasteiger partial charge < -0.3 is 14.6 Å². The molecule has 1 unspecified atom stereocenters. The van der Waals surface area contributed by atoms with E-state index < -0.39 is 6.04 Å². The zero-order chi connectivity index (χ0) is 19.3. The summed E-state index contributed by atoms with van der Waals surface area (Å²) < 4.78 is 5.23. The molecule has 142 valence electrons. The molecular formula is C23H22N2O3. The van der Waals surface area contributed by atoms with Crippen LogP contribution in [0.25, 0.3) is 11.1 Å². The Morgan fingerprint density at radius 2 is 1.64 bits per heavy atom. The van der Waals surface area contributed by atoms with E-state index in [0.29, 0.717) is 13.0 Å². The first-order valence-electron chi connectivity index (χ1n) is 9.53. The number of hydrogen-bond acceptors (Lipinski definition) is 3. The van der Waals surface area contributed by atoms with Gasteiger partial charge in [0.1, 0.15) is 6.04 Å². The van der Waals surface area contributed by atoms with Crippen LogP contribution in [0.1, 0.15) is 29.8 Å². The first-order chi connectivity index (χ1) is 13.7. The third-order valence-corrected chi connectivity index (χ3v) is 5.06. The molecule has 3 aromatic rings. The molecule has 1 aliphatic heterocycles. The Balaban J connectivity index is 1.46. The number of nitrogens with one attached hydrogen (secondary N) is 1. The molecule has 1 aliphatic rings. The van der Waals surface area contributed by atoms with Crippen LogP contribution < -0.4 is 5.32 Å². The minimum atomic E-state index is -0.486. The lowest BCUT2D eigenvalue weighted by Gasteiger charge is -2.34. The van der Waals surface area contributed by atoms with E-state index in [4.69, 9.17) is 4.42 Å². The maximum atomic E-state index is 12.9. The summed E-state index contributed by atoms with van der Waals surface area (Å²) in [7, 11) is 0. The SMILES string of the molecule is O=C(Nc1ccc(-c2ccccc2)cc1)C1CCCCN1C(=O)c1ccco1. The molecule has 4 rings (SSSR count). The van der Waals surface area contributed by atoms with E-state index >= 15 is 0 Å². The number of rotatable bonds is 4. The van der Waals surface area contributed by atoms with Crippen LogP contribution in [0.15, 0.2) is 77.4 Å². The van der Waals surface area contributed by atoms with E-state index in [1.165, 1.54) is 6.26 Å². The summed E-state index contributed by atoms with van der Waals surface area (Å²) in [5, 5.41) is 2.96. The predicted octanol–water partition coefficient (Wildman–Crippen LogP) is 4.58. The van der Waals surface area contributed by atoms with Gasteiger partial charge in [-0.2, -0.15) is 0 Å². The Labute approximate surface area is 164 Å². The molecule has 5 heteroatoms. The molecule has 1 saturated heterocycles. The standard InChI is InChI=1S/C23H22N2O3/c26-22(20-9-4-5-15-25(20)23(27)21-10-6-16-28-21)24-19-13-11-18(12-14-19)17-7-2-1-3-8-17/h1-3,6-8,10-14,16,20H,4-5,9,15H2,(H,24,26). The molecule has 2 aromatic carbocycles. The summed E-state index contributed by atoms with van der Waals surface area (Å²) in [6.07, 6.45) is 3.94. The molecule has 1 fully saturated rings. The van der Waals surface area contributed by atoms with Gasteiger partial charge in [0.2, 0.25) is 5.91 Å². The fraction of sp³-hybridized carbons (Fsp3) is 0.217. The van der Waals surface area contributed by atoms with E-state index in [0.717, 1.165) is 29.7 Å². The van der Waals surface area contributed by atoms with Crippen molar-refractivity contribution < 1.29 is 14.0 Å². The largest absolute Gasteiger partial charge is 0.459 e. The van der Waals surface area contributed by atoms with Crippen LogP contribution in [0.5, 0.6) is 0 Å². The number of amides is 2. The number of likely N-dealkylation sites (tertiary alicyclic amines) is 1. The zero-order valence-electron chi connectivity index (χ0n) is 15.5. The van der Waals surface area contributed by atoms with Crippen LogP contribution >= 0.6 is 0 Å². The molecule has 0 aliphatic carbocycles. The summed E-state index contributed by atoms with van der Waals surface area (Å²) in [6, 6.07) is 20.7. The van der Waals surface area contributed by atoms with E-state index in [9.17, 15) is 9.59 Å². The highest BCUT2D eigenvalue weighted by atomic mass is 16.3. The van der Waals surface area contributed by atoms with Crippen molar-refractivity contribution in [3.8, 4) is 11.1 Å². The molecule has 5 nitrogen and oxygen atoms in total. The third-order valence-electron chi connectivity index (χ3n) is 5.06. The molecule has 2 amide bonds. The second-order valence-electron chi connectivity index (χ2n) is 6.92. The molecular weight excluding hydrogens is 352 g/mol. The van der Waals surface area contributed by atoms with Gasteiger partial charge in [-0.3, -0.25) is 9.59 Å². The third kappa shape index (κ3) is 3.83. The molecule has 0 radical (unpaired) electrons. The van der Waals surface area contributed by atoms with E-state index in [1.807, 2.05) is 54.6 Å². The molecule has 0 bridgehead atoms. The quantitative estimate of drug-likeness (QED) is 0.727. The summed E-state index contributed by atoms with van der Waals surface area (Å²) >= 11 is 0. The lowest BCUT2D eigenvalue weighted by atomic mass is 10.0. The van der Waals surface area contributed by atoms with Gasteiger partial charge in [-0.1, -0.05) is 42.5 Å². The first-order valence-corrected chi connectivity index (χ1v) is 9.53. The smallest absolute Gasteiger partial charge is 0.290 e. The van der Waals surface area contributed by atoms with Crippen LogP contribution in [0, 0.1) is 0 Å². The Kier molecular flexibility index (Phi) is 5.24. The number of benzene rings is 2. The molecule has 28 heavy (non-hydrogen) atoms. The van der Waals surface area contributed by atoms with E-state index in [2.05, 4.69) is 5.32 Å². The maximum Gasteiger partial charge on any atom is 0.290 e. The minimum absolute atomic E-state index is 0.160. The highest BCUT2D eigenvalue weighted by molar-refractivity contribution is 6.00. The lowest BCUT2D eigenvalue weighted by Crippen LogP contribution is -2.49. The fourth-order valence-electron chi connectivity index (χ4n) is 3.59. The molecule has 1 aromatic heterocycles. The van der Waals surface area contributed by atoms with Crippen LogP contribution in [0.3, 0.4) is 0 Å². The normalized spacial score (nSPS) is 16.6. The Hall–Kier alpha value is -3.34. The van der Waals surface area contributed by atoms with Gasteiger partial charge in [0.25, 0.3) is 5.91 Å². The number of hydrogen-bond donors (Lipinski definition) is 1. The van der Waals surface area contributed by atoms with E-state index in [1.54, 1.807) is 17.0 Å². The van der Waals surface area contributed by atoms with Crippen molar-refractivity contribution in [2.24, 2.45) is 0 Å². The van der Waals surface area contributed by atoms with Gasteiger partial charge >= 0.3 is 0 Å². The van der Waals surface area contributed by atoms with Crippen molar-refractivity contribution >= 4 is 17.5 Å². The summed E-state index contributed by atoms with van der Waals surface area (Å²) in [5.41, 5.74) is 2.94. The number of carbonyl (C=O) groups is 2. The van der Waals surface area contributed by atoms with Gasteiger partial charge in [0, 0.05) is 12.2 Å². The second-order valence-corrected chi connectivity index (χ2v) is 6.92. The number of carbonyl (C=O) groups excluding carboxylic acids is 2. The van der Waals surface area contributed by atoms with Crippen molar-refractivity contribution in [3.05, 3.63) is 78.8 Å². The summed E-state index contributed by atoms with van der Waals surface area (Å²) in [6.45, 7) is 0.560. The highest BCUT2D eigenvalue weighted by Crippen LogP contribution is 2.24. The molecule has 1 N–H and O–H groups in total. The fourth-order valence-corrected chi connectivity index (χ4v) is 3.59. The maximum absolute atomic E-state index is 12.9. The van der Waals surface area contributed by atoms with Crippen molar-refractivity contribution in [2.75, 3.05) is 11.9 Å². The van der Waals surface area contributed by atoms with Crippen molar-refractivity contribution in [3.63, 3.8) is 0 Å². The van der Waals surface area contributed by atoms with Crippen molar-refractivity contribution in [2.45, 2.75) is 25.3 Å². The monoisotopic (exact) mass is 374 g/mol. The van der Waals surface area contributed by atoms with Crippen LogP contribution in [-0.4, -0.2) is 29.3 Å². The Bertz CT molecular complexity index is 934. The van der Waals surface area contributed by atoms with Crippen LogP contribution in [0.4, 0.5) is 5.69 Å². The average Bonchev–Trinajstić information content (AvgIpc) is 3.29. The van der Waals surface area contributed by atoms with Crippen molar-refractivity contribution in [1.29, 1.82) is 0 Å².